The molecule has 0 radical (unpaired) electrons. The van der Waals surface area contributed by atoms with Crippen LogP contribution in [0.25, 0.3) is 0 Å². The molecule has 0 saturated carbocycles. The predicted octanol–water partition coefficient (Wildman–Crippen LogP) is -3.12. The summed E-state index contributed by atoms with van der Waals surface area (Å²) < 4.78 is 36.3. The van der Waals surface area contributed by atoms with Crippen molar-refractivity contribution in [3.8, 4) is 6.01 Å². The summed E-state index contributed by atoms with van der Waals surface area (Å²) >= 11 is 0. The number of rotatable bonds is 0. The molecular weight excluding hydrogens is 228 g/mol. The molecule has 0 saturated heterocycles. The van der Waals surface area contributed by atoms with E-state index < -0.39 is 23.4 Å². The van der Waals surface area contributed by atoms with Gasteiger partial charge in [-0.3, -0.25) is 4.79 Å². The maximum absolute atomic E-state index is 11.9. The molecule has 1 heterocycles. The van der Waals surface area contributed by atoms with E-state index in [1.165, 1.54) is 0 Å². The third-order valence-corrected chi connectivity index (χ3v) is 1.38. The van der Waals surface area contributed by atoms with E-state index in [4.69, 9.17) is 0 Å². The van der Waals surface area contributed by atoms with Gasteiger partial charge in [0.05, 0.1) is 6.01 Å². The Labute approximate surface area is 119 Å². The van der Waals surface area contributed by atoms with E-state index in [2.05, 4.69) is 4.98 Å². The van der Waals surface area contributed by atoms with Crippen LogP contribution in [0.4, 0.5) is 13.2 Å². The second-order valence-electron chi connectivity index (χ2n) is 2.32. The van der Waals surface area contributed by atoms with Gasteiger partial charge in [0.15, 0.2) is 5.69 Å². The normalized spacial score (nSPS) is 10.9. The van der Waals surface area contributed by atoms with Gasteiger partial charge in [0.2, 0.25) is 0 Å². The van der Waals surface area contributed by atoms with E-state index in [1.54, 1.807) is 0 Å². The molecule has 0 aliphatic carbocycles. The molecule has 0 amide bonds. The van der Waals surface area contributed by atoms with Gasteiger partial charge in [-0.1, -0.05) is 0 Å². The van der Waals surface area contributed by atoms with Crippen LogP contribution in [0.15, 0.2) is 10.9 Å². The molecule has 0 spiro atoms. The fourth-order valence-corrected chi connectivity index (χ4v) is 0.664. The van der Waals surface area contributed by atoms with Crippen LogP contribution in [0.3, 0.4) is 0 Å². The molecule has 0 atom stereocenters. The molecule has 14 heavy (non-hydrogen) atoms. The summed E-state index contributed by atoms with van der Waals surface area (Å²) in [6.45, 7) is 0. The summed E-state index contributed by atoms with van der Waals surface area (Å²) in [7, 11) is 1.05. The van der Waals surface area contributed by atoms with Crippen LogP contribution in [0.5, 0.6) is 6.01 Å². The van der Waals surface area contributed by atoms with Crippen LogP contribution in [-0.2, 0) is 13.2 Å². The van der Waals surface area contributed by atoms with Crippen molar-refractivity contribution in [2.45, 2.75) is 6.18 Å². The number of halogens is 3. The topological polar surface area (TPSA) is 57.9 Å². The molecule has 0 aliphatic rings. The Morgan fingerprint density at radius 3 is 2.36 bits per heavy atom. The van der Waals surface area contributed by atoms with Gasteiger partial charge in [0.1, 0.15) is 0 Å². The van der Waals surface area contributed by atoms with Crippen LogP contribution in [0.1, 0.15) is 5.69 Å². The first-order valence-electron chi connectivity index (χ1n) is 3.14. The maximum atomic E-state index is 11.9. The smallest absolute Gasteiger partial charge is 0.846 e. The van der Waals surface area contributed by atoms with Crippen LogP contribution >= 0.6 is 0 Å². The summed E-state index contributed by atoms with van der Waals surface area (Å²) in [4.78, 5) is 13.4. The summed E-state index contributed by atoms with van der Waals surface area (Å²) in [5.41, 5.74) is -2.48. The van der Waals surface area contributed by atoms with E-state index in [1.807, 2.05) is 0 Å². The molecular formula is C6H4F3KN2O2. The van der Waals surface area contributed by atoms with Crippen LogP contribution in [-0.4, -0.2) is 9.55 Å². The first-order chi connectivity index (χ1) is 5.82. The van der Waals surface area contributed by atoms with Crippen LogP contribution in [0.2, 0.25) is 0 Å². The van der Waals surface area contributed by atoms with Crippen molar-refractivity contribution < 1.29 is 69.7 Å². The molecule has 0 unspecified atom stereocenters. The van der Waals surface area contributed by atoms with E-state index in [9.17, 15) is 23.1 Å². The van der Waals surface area contributed by atoms with Crippen molar-refractivity contribution in [1.82, 2.24) is 9.55 Å². The number of hydrogen-bond donors (Lipinski definition) is 0. The molecule has 0 aliphatic heterocycles. The van der Waals surface area contributed by atoms with E-state index >= 15 is 0 Å². The Kier molecular flexibility index (Phi) is 4.79. The van der Waals surface area contributed by atoms with Gasteiger partial charge in [-0.25, -0.2) is 4.98 Å². The molecule has 0 fully saturated rings. The molecule has 8 heteroatoms. The largest absolute Gasteiger partial charge is 1.00 e. The Morgan fingerprint density at radius 2 is 2.00 bits per heavy atom. The molecule has 4 nitrogen and oxygen atoms in total. The molecule has 1 aromatic heterocycles. The first kappa shape index (κ1) is 14.1. The average Bonchev–Trinajstić information content (AvgIpc) is 1.97. The Hall–Kier alpha value is 0.106. The summed E-state index contributed by atoms with van der Waals surface area (Å²) in [5.74, 6) is 0. The summed E-state index contributed by atoms with van der Waals surface area (Å²) in [6.07, 6.45) is -4.76. The average molecular weight is 232 g/mol. The van der Waals surface area contributed by atoms with Gasteiger partial charge in [0, 0.05) is 13.1 Å². The van der Waals surface area contributed by atoms with Gasteiger partial charge >= 0.3 is 57.6 Å². The quantitative estimate of drug-likeness (QED) is 0.445. The second kappa shape index (κ2) is 4.75. The minimum absolute atomic E-state index is 0. The predicted molar refractivity (Wildman–Crippen MR) is 33.9 cm³/mol. The van der Waals surface area contributed by atoms with E-state index in [0.29, 0.717) is 4.57 Å². The minimum Gasteiger partial charge on any atom is -0.846 e. The number of hydrogen-bond acceptors (Lipinski definition) is 3. The van der Waals surface area contributed by atoms with Gasteiger partial charge in [-0.05, 0) is 0 Å². The van der Waals surface area contributed by atoms with E-state index in [0.717, 1.165) is 7.05 Å². The Bertz CT molecular complexity index is 388. The zero-order chi connectivity index (χ0) is 10.2. The molecule has 72 valence electrons. The van der Waals surface area contributed by atoms with Crippen molar-refractivity contribution >= 4 is 0 Å². The van der Waals surface area contributed by atoms with E-state index in [-0.39, 0.29) is 57.5 Å². The van der Waals surface area contributed by atoms with Crippen molar-refractivity contribution in [2.24, 2.45) is 7.05 Å². The standard InChI is InChI=1S/C6H5F3N2O2.K/c1-11-4(12)2-3(6(7,8)9)10-5(11)13;/h2H,1H3,(H,10,13);/q;+1/p-1. The SMILES string of the molecule is Cn1c([O-])nc(C(F)(F)F)cc1=O.[K+]. The number of alkyl halides is 3. The third-order valence-electron chi connectivity index (χ3n) is 1.38. The van der Waals surface area contributed by atoms with Crippen LogP contribution < -0.4 is 62.1 Å². The van der Waals surface area contributed by atoms with Crippen LogP contribution in [0, 0.1) is 0 Å². The van der Waals surface area contributed by atoms with Crippen molar-refractivity contribution in [2.75, 3.05) is 0 Å². The molecule has 1 aromatic rings. The summed E-state index contributed by atoms with van der Waals surface area (Å²) in [6, 6.07) is -0.929. The monoisotopic (exact) mass is 232 g/mol. The number of nitrogens with zero attached hydrogens (tertiary/aromatic N) is 2. The molecule has 0 aromatic carbocycles. The third kappa shape index (κ3) is 3.06. The zero-order valence-electron chi connectivity index (χ0n) is 7.42. The fraction of sp³-hybridized carbons (Fsp3) is 0.333. The minimum atomic E-state index is -4.76. The van der Waals surface area contributed by atoms with Gasteiger partial charge < -0.3 is 9.67 Å². The van der Waals surface area contributed by atoms with Gasteiger partial charge in [-0.2, -0.15) is 13.2 Å². The van der Waals surface area contributed by atoms with Gasteiger partial charge in [0.25, 0.3) is 5.56 Å². The maximum Gasteiger partial charge on any atom is 1.00 e. The zero-order valence-corrected chi connectivity index (χ0v) is 10.5. The van der Waals surface area contributed by atoms with Gasteiger partial charge in [-0.15, -0.1) is 0 Å². The first-order valence-corrected chi connectivity index (χ1v) is 3.14. The van der Waals surface area contributed by atoms with Crippen molar-refractivity contribution in [1.29, 1.82) is 0 Å². The Balaban J connectivity index is 0.00000169. The summed E-state index contributed by atoms with van der Waals surface area (Å²) in [5, 5.41) is 10.7. The molecule has 0 bridgehead atoms. The fourth-order valence-electron chi connectivity index (χ4n) is 0.664. The molecule has 0 N–H and O–H groups in total. The molecule has 1 rings (SSSR count). The van der Waals surface area contributed by atoms with Crippen molar-refractivity contribution in [3.05, 3.63) is 22.1 Å². The second-order valence-corrected chi connectivity index (χ2v) is 2.32. The Morgan fingerprint density at radius 1 is 1.50 bits per heavy atom. The van der Waals surface area contributed by atoms with Crippen molar-refractivity contribution in [3.63, 3.8) is 0 Å². The number of aromatic nitrogens is 2.